The van der Waals surface area contributed by atoms with E-state index in [0.717, 1.165) is 16.5 Å². The van der Waals surface area contributed by atoms with Crippen molar-refractivity contribution in [2.45, 2.75) is 34.1 Å². The average molecular weight is 702 g/mol. The van der Waals surface area contributed by atoms with Crippen LogP contribution in [0.25, 0.3) is 11.1 Å². The van der Waals surface area contributed by atoms with Gasteiger partial charge in [-0.05, 0) is 6.42 Å². The third-order valence-electron chi connectivity index (χ3n) is 5.77. The van der Waals surface area contributed by atoms with Crippen LogP contribution in [-0.4, -0.2) is 4.21 Å². The third-order valence-corrected chi connectivity index (χ3v) is 6.27. The van der Waals surface area contributed by atoms with Gasteiger partial charge in [-0.25, -0.2) is 6.08 Å². The van der Waals surface area contributed by atoms with Crippen LogP contribution in [0.1, 0.15) is 38.8 Å². The van der Waals surface area contributed by atoms with Gasteiger partial charge in [0, 0.05) is 0 Å². The Labute approximate surface area is 285 Å². The Hall–Kier alpha value is -1.73. The molecule has 5 heteroatoms. The van der Waals surface area contributed by atoms with Crippen LogP contribution in [0.15, 0.2) is 109 Å². The van der Waals surface area contributed by atoms with Crippen LogP contribution in [0.4, 0.5) is 0 Å². The fourth-order valence-electron chi connectivity index (χ4n) is 3.78. The molecule has 0 aromatic heterocycles. The Bertz CT molecular complexity index is 1250. The first-order valence-electron chi connectivity index (χ1n) is 12.7. The van der Waals surface area contributed by atoms with E-state index in [1.807, 2.05) is 6.07 Å². The summed E-state index contributed by atoms with van der Waals surface area (Å²) in [4.78, 5) is 0. The molecule has 0 fully saturated rings. The molecule has 0 heterocycles. The zero-order chi connectivity index (χ0) is 28.7. The molecule has 4 aromatic rings. The van der Waals surface area contributed by atoms with E-state index in [4.69, 9.17) is 23.2 Å². The van der Waals surface area contributed by atoms with Crippen molar-refractivity contribution >= 4 is 52.2 Å². The van der Waals surface area contributed by atoms with Crippen LogP contribution in [0, 0.1) is 35.6 Å². The fraction of sp³-hybridized carbons (Fsp3) is 0.194. The summed E-state index contributed by atoms with van der Waals surface area (Å²) in [5.74, 6) is 0.522. The predicted octanol–water partition coefficient (Wildman–Crippen LogP) is 11.1. The number of halogens is 4. The summed E-state index contributed by atoms with van der Waals surface area (Å²) in [6, 6.07) is 38.1. The Balaban J connectivity index is 0.000000518. The normalized spacial score (nSPS) is 13.1. The molecular formula is C36H36Cl4Zr-4. The van der Waals surface area contributed by atoms with E-state index >= 15 is 0 Å². The van der Waals surface area contributed by atoms with Crippen LogP contribution < -0.4 is 0 Å². The van der Waals surface area contributed by atoms with Gasteiger partial charge < -0.3 is 0 Å². The molecular weight excluding hydrogens is 665 g/mol. The average Bonchev–Trinajstić information content (AvgIpc) is 3.56. The maximum absolute atomic E-state index is 5.52. The SMILES string of the molecule is CC1[C-]=CC(C(C)(C)C)=C1.Cl.Cl.Clc1cc[c-]cc1.Clc1cc[c-]cc1.[CH2]=[Zr].[c-]1cccc2c1Cc1ccccc1-2. The second-order valence-electron chi connectivity index (χ2n) is 9.80. The van der Waals surface area contributed by atoms with E-state index in [9.17, 15) is 0 Å². The van der Waals surface area contributed by atoms with Crippen molar-refractivity contribution in [3.8, 4) is 11.1 Å². The van der Waals surface area contributed by atoms with Gasteiger partial charge in [0.15, 0.2) is 0 Å². The summed E-state index contributed by atoms with van der Waals surface area (Å²) in [6.07, 6.45) is 8.70. The molecule has 0 spiro atoms. The van der Waals surface area contributed by atoms with Gasteiger partial charge >= 0.3 is 28.4 Å². The summed E-state index contributed by atoms with van der Waals surface area (Å²) < 4.78 is 3.34. The third kappa shape index (κ3) is 14.3. The first-order valence-corrected chi connectivity index (χ1v) is 15.2. The first-order chi connectivity index (χ1) is 18.7. The minimum Gasteiger partial charge on any atom is -0.179 e. The molecule has 0 nitrogen and oxygen atoms in total. The predicted molar refractivity (Wildman–Crippen MR) is 180 cm³/mol. The zero-order valence-corrected chi connectivity index (χ0v) is 29.5. The van der Waals surface area contributed by atoms with Gasteiger partial charge in [-0.2, -0.15) is 102 Å². The molecule has 6 rings (SSSR count). The van der Waals surface area contributed by atoms with Crippen molar-refractivity contribution in [1.29, 1.82) is 0 Å². The molecule has 0 aliphatic heterocycles. The second-order valence-corrected chi connectivity index (χ2v) is 10.7. The van der Waals surface area contributed by atoms with Crippen molar-refractivity contribution in [1.82, 2.24) is 0 Å². The van der Waals surface area contributed by atoms with Crippen LogP contribution in [0.5, 0.6) is 0 Å². The molecule has 0 saturated carbocycles. The van der Waals surface area contributed by atoms with Gasteiger partial charge in [-0.15, -0.1) is 53.6 Å². The van der Waals surface area contributed by atoms with E-state index in [-0.39, 0.29) is 24.8 Å². The van der Waals surface area contributed by atoms with Crippen molar-refractivity contribution in [2.24, 2.45) is 11.3 Å². The van der Waals surface area contributed by atoms with E-state index < -0.39 is 0 Å². The molecule has 0 radical (unpaired) electrons. The van der Waals surface area contributed by atoms with E-state index in [0.29, 0.717) is 11.3 Å². The summed E-state index contributed by atoms with van der Waals surface area (Å²) in [5, 5.41) is 1.53. The van der Waals surface area contributed by atoms with Gasteiger partial charge in [0.2, 0.25) is 0 Å². The van der Waals surface area contributed by atoms with Crippen LogP contribution >= 0.6 is 48.0 Å². The number of hydrogen-bond acceptors (Lipinski definition) is 0. The van der Waals surface area contributed by atoms with E-state index in [1.165, 1.54) is 52.1 Å². The largest absolute Gasteiger partial charge is 0.179 e. The van der Waals surface area contributed by atoms with Gasteiger partial charge in [0.25, 0.3) is 0 Å². The smallest absolute Gasteiger partial charge is 0.0253 e. The molecule has 2 aliphatic rings. The molecule has 216 valence electrons. The monoisotopic (exact) mass is 698 g/mol. The summed E-state index contributed by atoms with van der Waals surface area (Å²) in [6.45, 7) is 8.86. The topological polar surface area (TPSA) is 0 Å². The van der Waals surface area contributed by atoms with Crippen molar-refractivity contribution in [3.63, 3.8) is 0 Å². The molecule has 0 bridgehead atoms. The molecule has 1 atom stereocenters. The maximum Gasteiger partial charge on any atom is -0.0253 e. The first kappa shape index (κ1) is 39.3. The molecule has 41 heavy (non-hydrogen) atoms. The van der Waals surface area contributed by atoms with Gasteiger partial charge in [0.1, 0.15) is 0 Å². The van der Waals surface area contributed by atoms with Crippen LogP contribution in [0.2, 0.25) is 10.0 Å². The minimum atomic E-state index is 0. The quantitative estimate of drug-likeness (QED) is 0.141. The van der Waals surface area contributed by atoms with Crippen molar-refractivity contribution in [2.75, 3.05) is 0 Å². The summed E-state index contributed by atoms with van der Waals surface area (Å²) >= 11 is 12.3. The van der Waals surface area contributed by atoms with E-state index in [2.05, 4.69) is 105 Å². The number of fused-ring (bicyclic) bond motifs is 3. The number of rotatable bonds is 0. The summed E-state index contributed by atoms with van der Waals surface area (Å²) in [5.41, 5.74) is 7.23. The van der Waals surface area contributed by atoms with Gasteiger partial charge in [0.05, 0.1) is 0 Å². The standard InChI is InChI=1S/C13H9.C10H15.2C6H4Cl.CH2.2ClH.Zr/c1-3-7-12-10(5-1)9-11-6-2-4-8-13(11)12;1-8-5-6-9(7-8)10(2,3)4;2*7-6-4-2-1-3-5-6;;;;/h1-5,7-8H,9H2;6-8H,1-4H3;2*2-5H;1H2;2*1H;/q4*-1;;;;. The van der Waals surface area contributed by atoms with Crippen molar-refractivity contribution in [3.05, 3.63) is 154 Å². The molecule has 4 aromatic carbocycles. The van der Waals surface area contributed by atoms with Gasteiger partial charge in [-0.3, -0.25) is 6.08 Å². The van der Waals surface area contributed by atoms with Crippen LogP contribution in [0.3, 0.4) is 0 Å². The van der Waals surface area contributed by atoms with Crippen molar-refractivity contribution < 1.29 is 24.2 Å². The molecule has 1 unspecified atom stereocenters. The minimum absolute atomic E-state index is 0. The fourth-order valence-corrected chi connectivity index (χ4v) is 4.04. The number of benzene rings is 4. The number of allylic oxidation sites excluding steroid dienone is 4. The maximum atomic E-state index is 5.52. The summed E-state index contributed by atoms with van der Waals surface area (Å²) in [7, 11) is 0. The Morgan fingerprint density at radius 2 is 1.27 bits per heavy atom. The van der Waals surface area contributed by atoms with E-state index in [1.54, 1.807) is 48.5 Å². The number of hydrogen-bond donors (Lipinski definition) is 0. The Morgan fingerprint density at radius 3 is 1.68 bits per heavy atom. The molecule has 0 amide bonds. The zero-order valence-electron chi connectivity index (χ0n) is 23.9. The van der Waals surface area contributed by atoms with Crippen LogP contribution in [-0.2, 0) is 30.7 Å². The Morgan fingerprint density at radius 1 is 0.756 bits per heavy atom. The second kappa shape index (κ2) is 21.0. The molecule has 0 N–H and O–H groups in total. The Kier molecular flexibility index (Phi) is 20.2. The van der Waals surface area contributed by atoms with Gasteiger partial charge in [-0.1, -0.05) is 84.5 Å². The molecule has 0 saturated heterocycles. The molecule has 2 aliphatic carbocycles.